The van der Waals surface area contributed by atoms with E-state index in [0.29, 0.717) is 0 Å². The smallest absolute Gasteiger partial charge is 0.407 e. The number of phenols is 1. The summed E-state index contributed by atoms with van der Waals surface area (Å²) in [6.07, 6.45) is -4.34. The zero-order chi connectivity index (χ0) is 28.2. The van der Waals surface area contributed by atoms with Crippen molar-refractivity contribution in [1.82, 2.24) is 24.9 Å². The van der Waals surface area contributed by atoms with E-state index in [9.17, 15) is 37.8 Å². The van der Waals surface area contributed by atoms with Crippen molar-refractivity contribution in [3.63, 3.8) is 0 Å². The van der Waals surface area contributed by atoms with Crippen LogP contribution >= 0.6 is 0 Å². The van der Waals surface area contributed by atoms with Gasteiger partial charge in [-0.1, -0.05) is 6.07 Å². The lowest BCUT2D eigenvalue weighted by molar-refractivity contribution is -0.129. The van der Waals surface area contributed by atoms with Gasteiger partial charge >= 0.3 is 12.1 Å². The number of carbonyl (C=O) groups is 3. The number of piperazine rings is 2. The Balaban J connectivity index is 1.48. The fourth-order valence-electron chi connectivity index (χ4n) is 5.62. The first-order valence-electron chi connectivity index (χ1n) is 12.2. The van der Waals surface area contributed by atoms with Crippen LogP contribution in [0.4, 0.5) is 34.3 Å². The van der Waals surface area contributed by atoms with E-state index >= 15 is 0 Å². The van der Waals surface area contributed by atoms with Crippen molar-refractivity contribution in [1.29, 1.82) is 0 Å². The van der Waals surface area contributed by atoms with Crippen LogP contribution in [-0.2, 0) is 4.79 Å². The molecule has 2 fully saturated rings. The third-order valence-electron chi connectivity index (χ3n) is 7.50. The second kappa shape index (κ2) is 9.47. The fraction of sp³-hybridized carbons (Fsp3) is 0.458. The molecule has 15 heteroatoms. The van der Waals surface area contributed by atoms with E-state index in [0.717, 1.165) is 6.07 Å². The van der Waals surface area contributed by atoms with Crippen molar-refractivity contribution in [2.75, 3.05) is 42.9 Å². The fourth-order valence-corrected chi connectivity index (χ4v) is 5.62. The summed E-state index contributed by atoms with van der Waals surface area (Å²) >= 11 is 0. The number of fused-ring (bicyclic) bond motifs is 3. The maximum Gasteiger partial charge on any atom is 0.407 e. The number of hydrogen-bond acceptors (Lipinski definition) is 7. The van der Waals surface area contributed by atoms with Crippen LogP contribution in [0.5, 0.6) is 5.75 Å². The van der Waals surface area contributed by atoms with Crippen LogP contribution in [-0.4, -0.2) is 110 Å². The van der Waals surface area contributed by atoms with Crippen molar-refractivity contribution in [2.45, 2.75) is 37.9 Å². The van der Waals surface area contributed by atoms with Crippen LogP contribution in [0.25, 0.3) is 11.3 Å². The van der Waals surface area contributed by atoms with Crippen molar-refractivity contribution < 1.29 is 37.8 Å². The van der Waals surface area contributed by atoms with E-state index < -0.39 is 60.2 Å². The molecule has 1 aromatic heterocycles. The Morgan fingerprint density at radius 3 is 2.46 bits per heavy atom. The molecule has 0 unspecified atom stereocenters. The van der Waals surface area contributed by atoms with Gasteiger partial charge in [0, 0.05) is 43.8 Å². The molecule has 1 aromatic carbocycles. The molecule has 0 bridgehead atoms. The third-order valence-corrected chi connectivity index (χ3v) is 7.50. The summed E-state index contributed by atoms with van der Waals surface area (Å²) in [4.78, 5) is 43.2. The van der Waals surface area contributed by atoms with E-state index in [-0.39, 0.29) is 48.9 Å². The van der Waals surface area contributed by atoms with Crippen LogP contribution in [0.1, 0.15) is 13.8 Å². The molecule has 3 aliphatic rings. The molecule has 3 N–H and O–H groups in total. The second-order valence-electron chi connectivity index (χ2n) is 9.93. The maximum atomic E-state index is 14.9. The number of aromatic nitrogens is 2. The molecule has 12 nitrogen and oxygen atoms in total. The summed E-state index contributed by atoms with van der Waals surface area (Å²) in [5.41, 5.74) is -2.38. The van der Waals surface area contributed by atoms with Gasteiger partial charge in [-0.05, 0) is 32.0 Å². The lowest BCUT2D eigenvalue weighted by Crippen LogP contribution is -2.75. The minimum atomic E-state index is -3.22. The predicted molar refractivity (Wildman–Crippen MR) is 131 cm³/mol. The van der Waals surface area contributed by atoms with Gasteiger partial charge in [-0.3, -0.25) is 4.79 Å². The highest BCUT2D eigenvalue weighted by Gasteiger charge is 2.59. The number of nitrogens with zero attached hydrogens (tertiary/aromatic N) is 6. The Hall–Kier alpha value is -4.30. The van der Waals surface area contributed by atoms with Crippen LogP contribution in [0, 0.1) is 5.82 Å². The highest BCUT2D eigenvalue weighted by Crippen LogP contribution is 2.43. The summed E-state index contributed by atoms with van der Waals surface area (Å²) in [6, 6.07) is 3.51. The first-order valence-corrected chi connectivity index (χ1v) is 12.2. The first kappa shape index (κ1) is 26.3. The molecular formula is C24H26F3N7O5. The number of alkyl halides is 2. The van der Waals surface area contributed by atoms with E-state index in [1.54, 1.807) is 13.8 Å². The van der Waals surface area contributed by atoms with E-state index in [4.69, 9.17) is 0 Å². The predicted octanol–water partition coefficient (Wildman–Crippen LogP) is 2.26. The molecule has 39 heavy (non-hydrogen) atoms. The Kier molecular flexibility index (Phi) is 6.39. The van der Waals surface area contributed by atoms with Crippen LogP contribution in [0.2, 0.25) is 0 Å². The number of para-hydroxylation sites is 1. The minimum Gasteiger partial charge on any atom is -0.504 e. The van der Waals surface area contributed by atoms with Crippen LogP contribution in [0.3, 0.4) is 0 Å². The number of amides is 4. The normalized spacial score (nSPS) is 24.8. The number of halogens is 3. The number of rotatable bonds is 2. The summed E-state index contributed by atoms with van der Waals surface area (Å²) in [7, 11) is 0. The number of carboxylic acid groups (broad SMARTS) is 1. The highest BCUT2D eigenvalue weighted by atomic mass is 19.3. The van der Waals surface area contributed by atoms with Crippen LogP contribution < -0.4 is 10.2 Å². The van der Waals surface area contributed by atoms with Gasteiger partial charge in [0.05, 0.1) is 17.9 Å². The van der Waals surface area contributed by atoms with E-state index in [1.807, 2.05) is 0 Å². The zero-order valence-electron chi connectivity index (χ0n) is 21.0. The van der Waals surface area contributed by atoms with Gasteiger partial charge in [0.25, 0.3) is 12.3 Å². The lowest BCUT2D eigenvalue weighted by atomic mass is 9.89. The zero-order valence-corrected chi connectivity index (χ0v) is 21.0. The van der Waals surface area contributed by atoms with Gasteiger partial charge in [-0.15, -0.1) is 10.2 Å². The average molecular weight is 550 g/mol. The maximum absolute atomic E-state index is 14.9. The molecule has 0 saturated carbocycles. The molecule has 2 saturated heterocycles. The standard InChI is InChI=1S/C24H26F3N7O5/c1-12-9-32(23(38)39)10-13(2)34(12)22(37)31-6-7-33-17-8-16(14-4-3-5-15(25)18(14)35)29-30-19(17)28-21(36)24(33,11-31)20(26)27/h3-5,8,12-13,20,35H,6-7,9-11H2,1-2H3,(H,38,39)(H,28,30,36)/t12-,13+,24-/m1/s1. The number of hydrogen-bond donors (Lipinski definition) is 3. The topological polar surface area (TPSA) is 142 Å². The Morgan fingerprint density at radius 2 is 1.82 bits per heavy atom. The lowest BCUT2D eigenvalue weighted by Gasteiger charge is -2.53. The molecule has 0 radical (unpaired) electrons. The number of phenolic OH excluding ortho intramolecular Hbond substituents is 1. The Morgan fingerprint density at radius 1 is 1.13 bits per heavy atom. The van der Waals surface area contributed by atoms with Crippen molar-refractivity contribution in [3.05, 3.63) is 30.1 Å². The van der Waals surface area contributed by atoms with Crippen molar-refractivity contribution in [3.8, 4) is 17.0 Å². The summed E-state index contributed by atoms with van der Waals surface area (Å²) < 4.78 is 43.6. The van der Waals surface area contributed by atoms with Crippen molar-refractivity contribution in [2.24, 2.45) is 0 Å². The molecule has 208 valence electrons. The van der Waals surface area contributed by atoms with Gasteiger partial charge in [0.2, 0.25) is 0 Å². The molecule has 0 spiro atoms. The number of anilines is 2. The first-order chi connectivity index (χ1) is 18.5. The van der Waals surface area contributed by atoms with Gasteiger partial charge < -0.3 is 35.1 Å². The van der Waals surface area contributed by atoms with Crippen molar-refractivity contribution >= 4 is 29.5 Å². The van der Waals surface area contributed by atoms with Crippen LogP contribution in [0.15, 0.2) is 24.3 Å². The minimum absolute atomic E-state index is 0.00234. The van der Waals surface area contributed by atoms with Gasteiger partial charge in [-0.25, -0.2) is 22.8 Å². The molecule has 5 rings (SSSR count). The molecule has 4 heterocycles. The molecular weight excluding hydrogens is 523 g/mol. The Bertz CT molecular complexity index is 1340. The summed E-state index contributed by atoms with van der Waals surface area (Å²) in [5, 5.41) is 29.7. The largest absolute Gasteiger partial charge is 0.504 e. The summed E-state index contributed by atoms with van der Waals surface area (Å²) in [5.74, 6) is -2.73. The highest BCUT2D eigenvalue weighted by molar-refractivity contribution is 6.07. The number of nitrogens with one attached hydrogen (secondary N) is 1. The number of carbonyl (C=O) groups excluding carboxylic acids is 2. The van der Waals surface area contributed by atoms with Gasteiger partial charge in [0.1, 0.15) is 0 Å². The third kappa shape index (κ3) is 4.12. The number of urea groups is 1. The summed E-state index contributed by atoms with van der Waals surface area (Å²) in [6.45, 7) is 2.66. The molecule has 4 amide bonds. The monoisotopic (exact) mass is 549 g/mol. The molecule has 0 aliphatic carbocycles. The van der Waals surface area contributed by atoms with E-state index in [1.165, 1.54) is 37.8 Å². The Labute approximate surface area is 220 Å². The van der Waals surface area contributed by atoms with E-state index in [2.05, 4.69) is 15.5 Å². The second-order valence-corrected chi connectivity index (χ2v) is 9.93. The number of aromatic hydroxyl groups is 1. The average Bonchev–Trinajstić information content (AvgIpc) is 2.89. The number of benzene rings is 1. The molecule has 3 atom stereocenters. The SMILES string of the molecule is C[C@@H]1CN(C(=O)O)C[C@H](C)N1C(=O)N1CCN2c3cc(-c4cccc(F)c4O)nnc3NC(=O)[C@]2(C(F)F)C1. The van der Waals surface area contributed by atoms with Gasteiger partial charge in [0.15, 0.2) is 22.9 Å². The molecule has 3 aliphatic heterocycles. The quantitative estimate of drug-likeness (QED) is 0.518. The molecule has 2 aromatic rings. The van der Waals surface area contributed by atoms with Gasteiger partial charge in [-0.2, -0.15) is 0 Å².